The van der Waals surface area contributed by atoms with E-state index >= 15 is 0 Å². The summed E-state index contributed by atoms with van der Waals surface area (Å²) in [6, 6.07) is 4.99. The number of benzene rings is 1. The molecule has 1 aromatic carbocycles. The fraction of sp³-hybridized carbons (Fsp3) is 0.500. The van der Waals surface area contributed by atoms with E-state index in [0.29, 0.717) is 17.2 Å². The lowest BCUT2D eigenvalue weighted by atomic mass is 9.92. The van der Waals surface area contributed by atoms with Gasteiger partial charge < -0.3 is 14.8 Å². The maximum atomic E-state index is 12.3. The van der Waals surface area contributed by atoms with Crippen LogP contribution in [0, 0.1) is 5.41 Å². The Bertz CT molecular complexity index is 641. The lowest BCUT2D eigenvalue weighted by Crippen LogP contribution is -2.41. The molecule has 0 aliphatic carbocycles. The number of rotatable bonds is 7. The highest BCUT2D eigenvalue weighted by atomic mass is 32.2. The first-order valence-corrected chi connectivity index (χ1v) is 8.46. The molecule has 124 valence electrons. The zero-order valence-electron chi connectivity index (χ0n) is 13.4. The number of carbonyl (C=O) groups excluding carboxylic acids is 1. The van der Waals surface area contributed by atoms with Gasteiger partial charge in [0.25, 0.3) is 0 Å². The first kappa shape index (κ1) is 18.2. The molecule has 2 N–H and O–H groups in total. The molecule has 0 saturated carbocycles. The van der Waals surface area contributed by atoms with Crippen LogP contribution in [0.5, 0.6) is 11.5 Å². The van der Waals surface area contributed by atoms with Gasteiger partial charge in [0.15, 0.2) is 11.5 Å². The largest absolute Gasteiger partial charge is 0.493 e. The summed E-state index contributed by atoms with van der Waals surface area (Å²) in [7, 11) is -0.323. The highest BCUT2D eigenvalue weighted by Gasteiger charge is 2.28. The van der Waals surface area contributed by atoms with Crippen molar-refractivity contribution in [3.63, 3.8) is 0 Å². The second-order valence-corrected chi connectivity index (χ2v) is 7.33. The van der Waals surface area contributed by atoms with E-state index in [1.807, 2.05) is 0 Å². The summed E-state index contributed by atoms with van der Waals surface area (Å²) in [5.41, 5.74) is -0.369. The molecule has 0 spiro atoms. The third-order valence-electron chi connectivity index (χ3n) is 3.03. The van der Waals surface area contributed by atoms with Crippen molar-refractivity contribution < 1.29 is 22.7 Å². The molecule has 0 unspecified atom stereocenters. The minimum atomic E-state index is -3.35. The predicted molar refractivity (Wildman–Crippen MR) is 84.8 cm³/mol. The van der Waals surface area contributed by atoms with Crippen LogP contribution in [0.4, 0.5) is 5.69 Å². The maximum absolute atomic E-state index is 12.3. The number of methoxy groups -OCH3 is 2. The molecule has 0 saturated heterocycles. The molecule has 0 heterocycles. The van der Waals surface area contributed by atoms with E-state index in [2.05, 4.69) is 10.0 Å². The Morgan fingerprint density at radius 2 is 1.77 bits per heavy atom. The van der Waals surface area contributed by atoms with Crippen LogP contribution >= 0.6 is 0 Å². The van der Waals surface area contributed by atoms with Gasteiger partial charge in [-0.15, -0.1) is 0 Å². The van der Waals surface area contributed by atoms with E-state index in [-0.39, 0.29) is 12.5 Å². The Morgan fingerprint density at radius 3 is 2.27 bits per heavy atom. The highest BCUT2D eigenvalue weighted by molar-refractivity contribution is 7.88. The van der Waals surface area contributed by atoms with Gasteiger partial charge in [-0.05, 0) is 26.0 Å². The van der Waals surface area contributed by atoms with Crippen molar-refractivity contribution in [1.82, 2.24) is 4.72 Å². The maximum Gasteiger partial charge on any atom is 0.231 e. The van der Waals surface area contributed by atoms with Crippen LogP contribution in [0.1, 0.15) is 13.8 Å². The Hall–Kier alpha value is -1.80. The van der Waals surface area contributed by atoms with Crippen LogP contribution in [-0.4, -0.2) is 41.3 Å². The zero-order chi connectivity index (χ0) is 17.0. The third kappa shape index (κ3) is 5.19. The van der Waals surface area contributed by atoms with Gasteiger partial charge in [-0.3, -0.25) is 4.79 Å². The summed E-state index contributed by atoms with van der Waals surface area (Å²) in [6.45, 7) is 3.31. The molecule has 0 atom stereocenters. The molecule has 0 fully saturated rings. The Morgan fingerprint density at radius 1 is 1.18 bits per heavy atom. The Labute approximate surface area is 131 Å². The smallest absolute Gasteiger partial charge is 0.231 e. The number of carbonyl (C=O) groups is 1. The highest BCUT2D eigenvalue weighted by Crippen LogP contribution is 2.30. The van der Waals surface area contributed by atoms with Crippen LogP contribution < -0.4 is 19.5 Å². The zero-order valence-corrected chi connectivity index (χ0v) is 14.2. The van der Waals surface area contributed by atoms with Crippen LogP contribution in [0.25, 0.3) is 0 Å². The van der Waals surface area contributed by atoms with Crippen molar-refractivity contribution in [2.24, 2.45) is 5.41 Å². The standard InChI is InChI=1S/C14H22N2O5S/c1-14(2,9-15-22(5,18)19)13(17)16-10-6-7-11(20-3)12(8-10)21-4/h6-8,15H,9H2,1-5H3,(H,16,17). The molecular weight excluding hydrogens is 308 g/mol. The summed E-state index contributed by atoms with van der Waals surface area (Å²) in [6.07, 6.45) is 1.05. The molecule has 0 radical (unpaired) electrons. The Balaban J connectivity index is 2.83. The van der Waals surface area contributed by atoms with Gasteiger partial charge in [0.05, 0.1) is 25.9 Å². The minimum Gasteiger partial charge on any atom is -0.493 e. The van der Waals surface area contributed by atoms with E-state index in [1.54, 1.807) is 32.0 Å². The number of nitrogens with one attached hydrogen (secondary N) is 2. The molecule has 22 heavy (non-hydrogen) atoms. The van der Waals surface area contributed by atoms with Crippen molar-refractivity contribution in [3.05, 3.63) is 18.2 Å². The van der Waals surface area contributed by atoms with E-state index < -0.39 is 15.4 Å². The van der Waals surface area contributed by atoms with Gasteiger partial charge in [-0.25, -0.2) is 13.1 Å². The van der Waals surface area contributed by atoms with Crippen LogP contribution in [0.15, 0.2) is 18.2 Å². The van der Waals surface area contributed by atoms with Gasteiger partial charge in [-0.2, -0.15) is 0 Å². The van der Waals surface area contributed by atoms with E-state index in [9.17, 15) is 13.2 Å². The minimum absolute atomic E-state index is 0.00492. The predicted octanol–water partition coefficient (Wildman–Crippen LogP) is 1.22. The lowest BCUT2D eigenvalue weighted by Gasteiger charge is -2.23. The summed E-state index contributed by atoms with van der Waals surface area (Å²) in [5, 5.41) is 2.74. The fourth-order valence-corrected chi connectivity index (χ4v) is 2.23. The van der Waals surface area contributed by atoms with E-state index in [0.717, 1.165) is 6.26 Å². The summed E-state index contributed by atoms with van der Waals surface area (Å²) < 4.78 is 34.9. The Kier molecular flexibility index (Phi) is 5.78. The van der Waals surface area contributed by atoms with Crippen molar-refractivity contribution in [1.29, 1.82) is 0 Å². The number of amides is 1. The van der Waals surface area contributed by atoms with Gasteiger partial charge in [0, 0.05) is 18.3 Å². The van der Waals surface area contributed by atoms with Crippen molar-refractivity contribution in [2.45, 2.75) is 13.8 Å². The average molecular weight is 330 g/mol. The monoisotopic (exact) mass is 330 g/mol. The van der Waals surface area contributed by atoms with Gasteiger partial charge >= 0.3 is 0 Å². The number of ether oxygens (including phenoxy) is 2. The van der Waals surface area contributed by atoms with Gasteiger partial charge in [-0.1, -0.05) is 0 Å². The summed E-state index contributed by atoms with van der Waals surface area (Å²) in [4.78, 5) is 12.3. The van der Waals surface area contributed by atoms with Gasteiger partial charge in [0.2, 0.25) is 15.9 Å². The molecule has 7 nitrogen and oxygen atoms in total. The van der Waals surface area contributed by atoms with Crippen LogP contribution in [-0.2, 0) is 14.8 Å². The molecule has 0 aromatic heterocycles. The molecule has 0 aliphatic rings. The first-order chi connectivity index (χ1) is 10.1. The fourth-order valence-electron chi connectivity index (χ4n) is 1.61. The van der Waals surface area contributed by atoms with Crippen LogP contribution in [0.2, 0.25) is 0 Å². The number of hydrogen-bond acceptors (Lipinski definition) is 5. The summed E-state index contributed by atoms with van der Waals surface area (Å²) >= 11 is 0. The topological polar surface area (TPSA) is 93.7 Å². The van der Waals surface area contributed by atoms with E-state index in [4.69, 9.17) is 9.47 Å². The second-order valence-electron chi connectivity index (χ2n) is 5.50. The third-order valence-corrected chi connectivity index (χ3v) is 3.70. The number of anilines is 1. The molecule has 0 bridgehead atoms. The molecule has 1 amide bonds. The lowest BCUT2D eigenvalue weighted by molar-refractivity contribution is -0.123. The number of hydrogen-bond donors (Lipinski definition) is 2. The van der Waals surface area contributed by atoms with Crippen LogP contribution in [0.3, 0.4) is 0 Å². The van der Waals surface area contributed by atoms with Crippen molar-refractivity contribution >= 4 is 21.6 Å². The SMILES string of the molecule is COc1ccc(NC(=O)C(C)(C)CNS(C)(=O)=O)cc1OC. The molecule has 8 heteroatoms. The molecule has 0 aliphatic heterocycles. The normalized spacial score (nSPS) is 11.9. The molecule has 1 rings (SSSR count). The van der Waals surface area contributed by atoms with E-state index in [1.165, 1.54) is 14.2 Å². The average Bonchev–Trinajstić information content (AvgIpc) is 2.44. The van der Waals surface area contributed by atoms with Crippen molar-refractivity contribution in [3.8, 4) is 11.5 Å². The molecular formula is C14H22N2O5S. The first-order valence-electron chi connectivity index (χ1n) is 6.57. The van der Waals surface area contributed by atoms with Gasteiger partial charge in [0.1, 0.15) is 0 Å². The second kappa shape index (κ2) is 6.97. The molecule has 1 aromatic rings. The van der Waals surface area contributed by atoms with Crippen molar-refractivity contribution in [2.75, 3.05) is 32.3 Å². The number of sulfonamides is 1. The summed E-state index contributed by atoms with van der Waals surface area (Å²) in [5.74, 6) is 0.738. The quantitative estimate of drug-likeness (QED) is 0.784.